The molecule has 14 heavy (non-hydrogen) atoms. The molecule has 0 spiro atoms. The van der Waals surface area contributed by atoms with Crippen LogP contribution in [0.5, 0.6) is 0 Å². The summed E-state index contributed by atoms with van der Waals surface area (Å²) in [6.07, 6.45) is 1.73. The Labute approximate surface area is 85.4 Å². The molecule has 1 saturated carbocycles. The van der Waals surface area contributed by atoms with Crippen LogP contribution in [0.3, 0.4) is 0 Å². The van der Waals surface area contributed by atoms with E-state index in [1.54, 1.807) is 6.92 Å². The molecule has 2 atom stereocenters. The molecule has 0 aromatic heterocycles. The number of hydrogen-bond donors (Lipinski definition) is 1. The minimum Gasteiger partial charge on any atom is -0.481 e. The van der Waals surface area contributed by atoms with Crippen LogP contribution < -0.4 is 0 Å². The SMILES string of the molecule is CC(C#N)S(=O)CC1(CC(=O)O)CC1. The average molecular weight is 215 g/mol. The first-order chi connectivity index (χ1) is 6.49. The third kappa shape index (κ3) is 2.81. The van der Waals surface area contributed by atoms with E-state index in [1.807, 2.05) is 6.07 Å². The third-order valence-corrected chi connectivity index (χ3v) is 4.30. The second-order valence-electron chi connectivity index (χ2n) is 3.87. The Bertz CT molecular complexity index is 304. The first kappa shape index (κ1) is 11.2. The van der Waals surface area contributed by atoms with Gasteiger partial charge in [0, 0.05) is 16.6 Å². The van der Waals surface area contributed by atoms with Gasteiger partial charge < -0.3 is 5.11 Å². The van der Waals surface area contributed by atoms with Crippen molar-refractivity contribution in [2.75, 3.05) is 5.75 Å². The summed E-state index contributed by atoms with van der Waals surface area (Å²) < 4.78 is 11.5. The molecule has 0 aromatic carbocycles. The largest absolute Gasteiger partial charge is 0.481 e. The normalized spacial score (nSPS) is 22.0. The van der Waals surface area contributed by atoms with Crippen molar-refractivity contribution in [3.63, 3.8) is 0 Å². The van der Waals surface area contributed by atoms with Crippen molar-refractivity contribution in [3.05, 3.63) is 0 Å². The molecule has 4 nitrogen and oxygen atoms in total. The smallest absolute Gasteiger partial charge is 0.303 e. The Morgan fingerprint density at radius 3 is 2.64 bits per heavy atom. The highest BCUT2D eigenvalue weighted by atomic mass is 32.2. The monoisotopic (exact) mass is 215 g/mol. The molecule has 1 rings (SSSR count). The van der Waals surface area contributed by atoms with E-state index in [0.29, 0.717) is 5.75 Å². The second-order valence-corrected chi connectivity index (χ2v) is 5.62. The fourth-order valence-electron chi connectivity index (χ4n) is 1.36. The fourth-order valence-corrected chi connectivity index (χ4v) is 2.72. The summed E-state index contributed by atoms with van der Waals surface area (Å²) >= 11 is 0. The van der Waals surface area contributed by atoms with Gasteiger partial charge in [-0.05, 0) is 25.2 Å². The van der Waals surface area contributed by atoms with Gasteiger partial charge in [-0.3, -0.25) is 9.00 Å². The zero-order valence-corrected chi connectivity index (χ0v) is 8.84. The molecule has 1 aliphatic rings. The Morgan fingerprint density at radius 2 is 2.29 bits per heavy atom. The lowest BCUT2D eigenvalue weighted by atomic mass is 10.1. The number of carboxylic acid groups (broad SMARTS) is 1. The molecule has 0 saturated heterocycles. The average Bonchev–Trinajstić information content (AvgIpc) is 2.82. The molecule has 1 N–H and O–H groups in total. The number of aliphatic carboxylic acids is 1. The Balaban J connectivity index is 2.48. The quantitative estimate of drug-likeness (QED) is 0.739. The summed E-state index contributed by atoms with van der Waals surface area (Å²) in [6, 6.07) is 1.92. The maximum atomic E-state index is 11.5. The molecule has 0 heterocycles. The van der Waals surface area contributed by atoms with E-state index in [4.69, 9.17) is 10.4 Å². The number of nitriles is 1. The standard InChI is InChI=1S/C9H13NO3S/c1-7(5-10)14(13)6-9(2-3-9)4-8(11)12/h7H,2-4,6H2,1H3,(H,11,12). The maximum Gasteiger partial charge on any atom is 0.303 e. The van der Waals surface area contributed by atoms with Crippen molar-refractivity contribution in [1.29, 1.82) is 5.26 Å². The van der Waals surface area contributed by atoms with Crippen LogP contribution in [-0.4, -0.2) is 26.3 Å². The maximum absolute atomic E-state index is 11.5. The van der Waals surface area contributed by atoms with Gasteiger partial charge in [-0.15, -0.1) is 0 Å². The predicted octanol–water partition coefficient (Wildman–Crippen LogP) is 0.902. The molecule has 5 heteroatoms. The highest BCUT2D eigenvalue weighted by Gasteiger charge is 2.46. The van der Waals surface area contributed by atoms with Crippen LogP contribution in [-0.2, 0) is 15.6 Å². The van der Waals surface area contributed by atoms with Gasteiger partial charge in [-0.2, -0.15) is 5.26 Å². The van der Waals surface area contributed by atoms with E-state index in [9.17, 15) is 9.00 Å². The summed E-state index contributed by atoms with van der Waals surface area (Å²) in [5, 5.41) is 16.7. The summed E-state index contributed by atoms with van der Waals surface area (Å²) in [7, 11) is -1.21. The van der Waals surface area contributed by atoms with Crippen LogP contribution in [0.25, 0.3) is 0 Å². The molecule has 0 amide bonds. The topological polar surface area (TPSA) is 78.2 Å². The van der Waals surface area contributed by atoms with Crippen LogP contribution in [0.2, 0.25) is 0 Å². The van der Waals surface area contributed by atoms with Gasteiger partial charge in [-0.25, -0.2) is 0 Å². The van der Waals surface area contributed by atoms with E-state index in [0.717, 1.165) is 12.8 Å². The molecule has 0 aliphatic heterocycles. The van der Waals surface area contributed by atoms with Crippen molar-refractivity contribution in [1.82, 2.24) is 0 Å². The molecule has 2 unspecified atom stereocenters. The first-order valence-corrected chi connectivity index (χ1v) is 5.86. The molecule has 1 aliphatic carbocycles. The van der Waals surface area contributed by atoms with E-state index in [1.165, 1.54) is 0 Å². The van der Waals surface area contributed by atoms with E-state index < -0.39 is 22.0 Å². The molecule has 0 bridgehead atoms. The highest BCUT2D eigenvalue weighted by molar-refractivity contribution is 7.85. The lowest BCUT2D eigenvalue weighted by Crippen LogP contribution is -2.21. The summed E-state index contributed by atoms with van der Waals surface area (Å²) in [4.78, 5) is 10.5. The van der Waals surface area contributed by atoms with Crippen molar-refractivity contribution < 1.29 is 14.1 Å². The van der Waals surface area contributed by atoms with Crippen LogP contribution >= 0.6 is 0 Å². The first-order valence-electron chi connectivity index (χ1n) is 4.48. The van der Waals surface area contributed by atoms with Crippen molar-refractivity contribution in [3.8, 4) is 6.07 Å². The Morgan fingerprint density at radius 1 is 1.71 bits per heavy atom. The summed E-state index contributed by atoms with van der Waals surface area (Å²) in [5.74, 6) is -0.488. The van der Waals surface area contributed by atoms with Crippen LogP contribution in [0.4, 0.5) is 0 Å². The number of hydrogen-bond acceptors (Lipinski definition) is 3. The van der Waals surface area contributed by atoms with Gasteiger partial charge in [0.2, 0.25) is 0 Å². The lowest BCUT2D eigenvalue weighted by molar-refractivity contribution is -0.138. The fraction of sp³-hybridized carbons (Fsp3) is 0.778. The number of carbonyl (C=O) groups is 1. The highest BCUT2D eigenvalue weighted by Crippen LogP contribution is 2.49. The molecule has 0 aromatic rings. The third-order valence-electron chi connectivity index (χ3n) is 2.51. The van der Waals surface area contributed by atoms with Gasteiger partial charge in [0.1, 0.15) is 5.25 Å². The molecule has 0 radical (unpaired) electrons. The Hall–Kier alpha value is -0.890. The molecule has 78 valence electrons. The van der Waals surface area contributed by atoms with Gasteiger partial charge in [0.05, 0.1) is 12.5 Å². The minimum absolute atomic E-state index is 0.0802. The van der Waals surface area contributed by atoms with Gasteiger partial charge in [-0.1, -0.05) is 0 Å². The minimum atomic E-state index is -1.21. The molecule has 1 fully saturated rings. The zero-order chi connectivity index (χ0) is 10.8. The molecular formula is C9H13NO3S. The van der Waals surface area contributed by atoms with E-state index in [-0.39, 0.29) is 11.8 Å². The van der Waals surface area contributed by atoms with Crippen molar-refractivity contribution in [2.45, 2.75) is 31.4 Å². The number of rotatable bonds is 5. The van der Waals surface area contributed by atoms with Crippen molar-refractivity contribution in [2.24, 2.45) is 5.41 Å². The predicted molar refractivity (Wildman–Crippen MR) is 52.0 cm³/mol. The number of nitrogens with zero attached hydrogens (tertiary/aromatic N) is 1. The molecular weight excluding hydrogens is 202 g/mol. The zero-order valence-electron chi connectivity index (χ0n) is 8.02. The van der Waals surface area contributed by atoms with Crippen LogP contribution in [0.1, 0.15) is 26.2 Å². The van der Waals surface area contributed by atoms with Crippen LogP contribution in [0.15, 0.2) is 0 Å². The van der Waals surface area contributed by atoms with Crippen LogP contribution in [0, 0.1) is 16.7 Å². The van der Waals surface area contributed by atoms with E-state index in [2.05, 4.69) is 0 Å². The van der Waals surface area contributed by atoms with Gasteiger partial charge >= 0.3 is 5.97 Å². The summed E-state index contributed by atoms with van der Waals surface area (Å²) in [6.45, 7) is 1.60. The Kier molecular flexibility index (Phi) is 3.27. The van der Waals surface area contributed by atoms with Gasteiger partial charge in [0.15, 0.2) is 0 Å². The lowest BCUT2D eigenvalue weighted by Gasteiger charge is -2.12. The second kappa shape index (κ2) is 4.09. The van der Waals surface area contributed by atoms with E-state index >= 15 is 0 Å². The van der Waals surface area contributed by atoms with Crippen molar-refractivity contribution >= 4 is 16.8 Å². The summed E-state index contributed by atoms with van der Waals surface area (Å²) in [5.41, 5.74) is -0.276. The van der Waals surface area contributed by atoms with Gasteiger partial charge in [0.25, 0.3) is 0 Å². The number of carboxylic acids is 1.